The fourth-order valence-corrected chi connectivity index (χ4v) is 2.73. The largest absolute Gasteiger partial charge is 0.433 e. The fraction of sp³-hybridized carbons (Fsp3) is 0.154. The molecule has 1 aromatic carbocycles. The van der Waals surface area contributed by atoms with Crippen LogP contribution in [0.15, 0.2) is 45.7 Å². The van der Waals surface area contributed by atoms with Crippen LogP contribution in [0.4, 0.5) is 24.7 Å². The first-order valence-corrected chi connectivity index (χ1v) is 8.18. The lowest BCUT2D eigenvalue weighted by Crippen LogP contribution is -2.33. The first-order valence-electron chi connectivity index (χ1n) is 6.70. The van der Waals surface area contributed by atoms with E-state index < -0.39 is 44.4 Å². The summed E-state index contributed by atoms with van der Waals surface area (Å²) in [6.45, 7) is -1.72. The first kappa shape index (κ1) is 19.4. The zero-order chi connectivity index (χ0) is 19.5. The number of halogens is 3. The maximum atomic E-state index is 12.1. The molecule has 0 radical (unpaired) electrons. The Morgan fingerprint density at radius 3 is 2.27 bits per heavy atom. The maximum absolute atomic E-state index is 12.1. The van der Waals surface area contributed by atoms with Crippen LogP contribution in [-0.2, 0) is 10.0 Å². The van der Waals surface area contributed by atoms with E-state index in [9.17, 15) is 36.5 Å². The van der Waals surface area contributed by atoms with Crippen LogP contribution in [0.1, 0.15) is 10.6 Å². The SMILES string of the molecule is O=C(Nc1ccc(S(=O)(=O)NCC(F)(F)F)cc1)c1ccc([N+](=O)[O-])o1. The third-order valence-electron chi connectivity index (χ3n) is 2.88. The molecule has 0 saturated heterocycles. The molecule has 13 heteroatoms. The summed E-state index contributed by atoms with van der Waals surface area (Å²) in [4.78, 5) is 21.1. The summed E-state index contributed by atoms with van der Waals surface area (Å²) in [6, 6.07) is 6.30. The van der Waals surface area contributed by atoms with Crippen molar-refractivity contribution in [2.75, 3.05) is 11.9 Å². The Bertz CT molecular complexity index is 921. The molecule has 1 aromatic heterocycles. The van der Waals surface area contributed by atoms with Crippen LogP contribution >= 0.6 is 0 Å². The van der Waals surface area contributed by atoms with Crippen molar-refractivity contribution in [3.8, 4) is 0 Å². The van der Waals surface area contributed by atoms with Crippen molar-refractivity contribution in [2.45, 2.75) is 11.1 Å². The van der Waals surface area contributed by atoms with Gasteiger partial charge in [-0.05, 0) is 30.3 Å². The molecule has 2 N–H and O–H groups in total. The number of sulfonamides is 1. The molecule has 0 fully saturated rings. The Kier molecular flexibility index (Phi) is 5.32. The fourth-order valence-electron chi connectivity index (χ4n) is 1.72. The molecule has 26 heavy (non-hydrogen) atoms. The predicted octanol–water partition coefficient (Wildman–Crippen LogP) is 2.28. The van der Waals surface area contributed by atoms with Gasteiger partial charge in [0, 0.05) is 5.69 Å². The van der Waals surface area contributed by atoms with E-state index in [1.165, 1.54) is 4.72 Å². The highest BCUT2D eigenvalue weighted by Gasteiger charge is 2.30. The van der Waals surface area contributed by atoms with E-state index in [-0.39, 0.29) is 11.4 Å². The molecule has 1 amide bonds. The summed E-state index contributed by atoms with van der Waals surface area (Å²) < 4.78 is 65.8. The predicted molar refractivity (Wildman–Crippen MR) is 81.0 cm³/mol. The summed E-state index contributed by atoms with van der Waals surface area (Å²) in [5.41, 5.74) is 0.101. The molecule has 0 unspecified atom stereocenters. The summed E-state index contributed by atoms with van der Waals surface area (Å²) in [7, 11) is -4.37. The summed E-state index contributed by atoms with van der Waals surface area (Å²) in [5, 5.41) is 12.8. The van der Waals surface area contributed by atoms with Gasteiger partial charge in [-0.25, -0.2) is 13.1 Å². The minimum absolute atomic E-state index is 0.101. The van der Waals surface area contributed by atoms with Gasteiger partial charge >= 0.3 is 12.1 Å². The van der Waals surface area contributed by atoms with Gasteiger partial charge in [-0.3, -0.25) is 14.9 Å². The van der Waals surface area contributed by atoms with Crippen LogP contribution in [0.2, 0.25) is 0 Å². The molecule has 1 heterocycles. The maximum Gasteiger partial charge on any atom is 0.433 e. The van der Waals surface area contributed by atoms with E-state index in [1.54, 1.807) is 0 Å². The van der Waals surface area contributed by atoms with Gasteiger partial charge in [0.25, 0.3) is 5.91 Å². The minimum Gasteiger partial charge on any atom is -0.395 e. The number of rotatable bonds is 6. The Balaban J connectivity index is 2.06. The number of hydrogen-bond donors (Lipinski definition) is 2. The van der Waals surface area contributed by atoms with E-state index in [1.807, 2.05) is 0 Å². The quantitative estimate of drug-likeness (QED) is 0.572. The van der Waals surface area contributed by atoms with Crippen LogP contribution in [-0.4, -0.2) is 32.0 Å². The molecule has 0 spiro atoms. The molecule has 0 bridgehead atoms. The van der Waals surface area contributed by atoms with Crippen LogP contribution in [0.5, 0.6) is 0 Å². The van der Waals surface area contributed by atoms with Gasteiger partial charge in [0.05, 0.1) is 11.0 Å². The Hall–Kier alpha value is -2.93. The van der Waals surface area contributed by atoms with Crippen molar-refractivity contribution in [3.05, 3.63) is 52.3 Å². The number of carbonyl (C=O) groups is 1. The molecule has 0 aliphatic carbocycles. The number of nitrogens with one attached hydrogen (secondary N) is 2. The van der Waals surface area contributed by atoms with Crippen molar-refractivity contribution < 1.29 is 35.7 Å². The minimum atomic E-state index is -4.70. The van der Waals surface area contributed by atoms with Gasteiger partial charge in [0.1, 0.15) is 11.5 Å². The third kappa shape index (κ3) is 5.03. The van der Waals surface area contributed by atoms with Crippen LogP contribution in [0.25, 0.3) is 0 Å². The second kappa shape index (κ2) is 7.13. The van der Waals surface area contributed by atoms with Gasteiger partial charge in [-0.2, -0.15) is 13.2 Å². The summed E-state index contributed by atoms with van der Waals surface area (Å²) >= 11 is 0. The standard InChI is InChI=1S/C13H10F3N3O6S/c14-13(15,16)7-17-26(23,24)9-3-1-8(2-4-9)18-12(20)10-5-6-11(25-10)19(21)22/h1-6,17H,7H2,(H,18,20). The topological polar surface area (TPSA) is 132 Å². The molecular formula is C13H10F3N3O6S. The Morgan fingerprint density at radius 1 is 1.15 bits per heavy atom. The van der Waals surface area contributed by atoms with Gasteiger partial charge in [-0.15, -0.1) is 0 Å². The number of carbonyl (C=O) groups excluding carboxylic acids is 1. The van der Waals surface area contributed by atoms with Crippen LogP contribution < -0.4 is 10.0 Å². The van der Waals surface area contributed by atoms with Gasteiger partial charge < -0.3 is 9.73 Å². The third-order valence-corrected chi connectivity index (χ3v) is 4.30. The van der Waals surface area contributed by atoms with E-state index >= 15 is 0 Å². The van der Waals surface area contributed by atoms with Crippen molar-refractivity contribution in [3.63, 3.8) is 0 Å². The zero-order valence-electron chi connectivity index (χ0n) is 12.6. The monoisotopic (exact) mass is 393 g/mol. The molecule has 140 valence electrons. The highest BCUT2D eigenvalue weighted by molar-refractivity contribution is 7.89. The molecule has 2 rings (SSSR count). The number of benzene rings is 1. The molecule has 0 aliphatic rings. The molecule has 0 atom stereocenters. The Morgan fingerprint density at radius 2 is 1.77 bits per heavy atom. The average Bonchev–Trinajstić information content (AvgIpc) is 3.03. The molecule has 2 aromatic rings. The smallest absolute Gasteiger partial charge is 0.395 e. The van der Waals surface area contributed by atoms with Crippen molar-refractivity contribution in [2.24, 2.45) is 0 Å². The second-order valence-electron chi connectivity index (χ2n) is 4.81. The number of hydrogen-bond acceptors (Lipinski definition) is 6. The number of amides is 1. The van der Waals surface area contributed by atoms with Gasteiger partial charge in [0.2, 0.25) is 10.0 Å². The number of nitro groups is 1. The lowest BCUT2D eigenvalue weighted by atomic mass is 10.3. The molecule has 9 nitrogen and oxygen atoms in total. The highest BCUT2D eigenvalue weighted by Crippen LogP contribution is 2.19. The summed E-state index contributed by atoms with van der Waals surface area (Å²) in [6.07, 6.45) is -4.70. The molecule has 0 aliphatic heterocycles. The van der Waals surface area contributed by atoms with E-state index in [2.05, 4.69) is 5.32 Å². The summed E-state index contributed by atoms with van der Waals surface area (Å²) in [5.74, 6) is -1.81. The number of alkyl halides is 3. The van der Waals surface area contributed by atoms with Crippen molar-refractivity contribution in [1.82, 2.24) is 4.72 Å². The zero-order valence-corrected chi connectivity index (χ0v) is 13.4. The second-order valence-corrected chi connectivity index (χ2v) is 6.58. The highest BCUT2D eigenvalue weighted by atomic mass is 32.2. The van der Waals surface area contributed by atoms with E-state index in [0.717, 1.165) is 36.4 Å². The van der Waals surface area contributed by atoms with Crippen LogP contribution in [0, 0.1) is 10.1 Å². The lowest BCUT2D eigenvalue weighted by Gasteiger charge is -2.10. The van der Waals surface area contributed by atoms with Crippen LogP contribution in [0.3, 0.4) is 0 Å². The normalized spacial score (nSPS) is 12.0. The first-order chi connectivity index (χ1) is 12.0. The van der Waals surface area contributed by atoms with Crippen molar-refractivity contribution >= 4 is 27.5 Å². The Labute approximate surface area is 144 Å². The molecule has 0 saturated carbocycles. The average molecular weight is 393 g/mol. The number of nitrogens with zero attached hydrogens (tertiary/aromatic N) is 1. The number of anilines is 1. The number of furan rings is 1. The van der Waals surface area contributed by atoms with Crippen molar-refractivity contribution in [1.29, 1.82) is 0 Å². The van der Waals surface area contributed by atoms with Gasteiger partial charge in [0.15, 0.2) is 5.76 Å². The lowest BCUT2D eigenvalue weighted by molar-refractivity contribution is -0.402. The van der Waals surface area contributed by atoms with E-state index in [0.29, 0.717) is 0 Å². The molecular weight excluding hydrogens is 383 g/mol. The van der Waals surface area contributed by atoms with E-state index in [4.69, 9.17) is 4.42 Å². The van der Waals surface area contributed by atoms with Gasteiger partial charge in [-0.1, -0.05) is 0 Å².